The van der Waals surface area contributed by atoms with Gasteiger partial charge in [-0.1, -0.05) is 75.6 Å². The number of aliphatic hydroxyl groups excluding tert-OH is 1. The van der Waals surface area contributed by atoms with Gasteiger partial charge in [0, 0.05) is 15.7 Å². The van der Waals surface area contributed by atoms with Gasteiger partial charge in [0.05, 0.1) is 12.6 Å². The number of alkyl halides is 1. The van der Waals surface area contributed by atoms with Crippen LogP contribution < -0.4 is 0 Å². The van der Waals surface area contributed by atoms with E-state index in [-0.39, 0.29) is 18.6 Å². The second-order valence-electron chi connectivity index (χ2n) is 7.97. The van der Waals surface area contributed by atoms with Gasteiger partial charge in [-0.25, -0.2) is 0 Å². The summed E-state index contributed by atoms with van der Waals surface area (Å²) >= 11 is 2.51. The van der Waals surface area contributed by atoms with Crippen LogP contribution in [-0.2, 0) is 0 Å². The Labute approximate surface area is 172 Å². The van der Waals surface area contributed by atoms with Crippen LogP contribution in [0.5, 0.6) is 5.75 Å². The van der Waals surface area contributed by atoms with Gasteiger partial charge >= 0.3 is 0 Å². The standard InChI is InChI=1S/C22H34INO2/c1-5-7-15-10-18(15)19-11-16(20(23)8-6-2)9-17(22(19)26)12-24-21(13-25)14(3)4/h9,11-12,14-15,18,20-21,25-26H,5-8,10,13H2,1-4H3/b24-12+/t15?,18?,20?,21-/m1/s1. The molecule has 2 N–H and O–H groups in total. The zero-order chi connectivity index (χ0) is 19.3. The van der Waals surface area contributed by atoms with Crippen LogP contribution in [0.4, 0.5) is 0 Å². The van der Waals surface area contributed by atoms with E-state index in [2.05, 4.69) is 67.4 Å². The third kappa shape index (κ3) is 5.44. The Morgan fingerprint density at radius 3 is 2.58 bits per heavy atom. The lowest BCUT2D eigenvalue weighted by Crippen LogP contribution is -2.17. The maximum absolute atomic E-state index is 10.9. The average Bonchev–Trinajstić information content (AvgIpc) is 3.36. The van der Waals surface area contributed by atoms with Gasteiger partial charge in [-0.15, -0.1) is 0 Å². The van der Waals surface area contributed by atoms with E-state index in [9.17, 15) is 10.2 Å². The summed E-state index contributed by atoms with van der Waals surface area (Å²) in [6.45, 7) is 8.59. The molecular weight excluding hydrogens is 437 g/mol. The van der Waals surface area contributed by atoms with E-state index >= 15 is 0 Å². The molecule has 0 aliphatic heterocycles. The molecule has 0 spiro atoms. The second-order valence-corrected chi connectivity index (χ2v) is 9.47. The second kappa shape index (κ2) is 10.1. The fourth-order valence-electron chi connectivity index (χ4n) is 3.61. The van der Waals surface area contributed by atoms with Crippen LogP contribution in [0.2, 0.25) is 0 Å². The fraction of sp³-hybridized carbons (Fsp3) is 0.682. The first-order valence-corrected chi connectivity index (χ1v) is 11.3. The third-order valence-corrected chi connectivity index (χ3v) is 6.78. The molecule has 146 valence electrons. The van der Waals surface area contributed by atoms with E-state index in [4.69, 9.17) is 0 Å². The van der Waals surface area contributed by atoms with Crippen LogP contribution in [-0.4, -0.2) is 29.1 Å². The molecule has 0 amide bonds. The van der Waals surface area contributed by atoms with Gasteiger partial charge in [0.1, 0.15) is 5.75 Å². The molecule has 1 aliphatic carbocycles. The van der Waals surface area contributed by atoms with Gasteiger partial charge in [0.15, 0.2) is 0 Å². The molecule has 0 bridgehead atoms. The van der Waals surface area contributed by atoms with Crippen molar-refractivity contribution in [2.75, 3.05) is 6.61 Å². The topological polar surface area (TPSA) is 52.8 Å². The van der Waals surface area contributed by atoms with E-state index < -0.39 is 0 Å². The van der Waals surface area contributed by atoms with Crippen molar-refractivity contribution in [2.45, 2.75) is 75.7 Å². The molecular formula is C22H34INO2. The Kier molecular flexibility index (Phi) is 8.40. The highest BCUT2D eigenvalue weighted by atomic mass is 127. The molecule has 4 atom stereocenters. The van der Waals surface area contributed by atoms with Crippen LogP contribution in [0, 0.1) is 11.8 Å². The molecule has 1 aliphatic rings. The van der Waals surface area contributed by atoms with E-state index in [1.165, 1.54) is 24.8 Å². The van der Waals surface area contributed by atoms with E-state index in [0.717, 1.165) is 24.0 Å². The minimum absolute atomic E-state index is 0.0351. The van der Waals surface area contributed by atoms with Crippen molar-refractivity contribution in [3.63, 3.8) is 0 Å². The summed E-state index contributed by atoms with van der Waals surface area (Å²) in [6.07, 6.45) is 7.68. The number of rotatable bonds is 10. The minimum Gasteiger partial charge on any atom is -0.507 e. The zero-order valence-corrected chi connectivity index (χ0v) is 18.7. The predicted molar refractivity (Wildman–Crippen MR) is 119 cm³/mol. The zero-order valence-electron chi connectivity index (χ0n) is 16.6. The number of aromatic hydroxyl groups is 1. The summed E-state index contributed by atoms with van der Waals surface area (Å²) < 4.78 is 0.450. The van der Waals surface area contributed by atoms with Crippen molar-refractivity contribution in [1.82, 2.24) is 0 Å². The van der Waals surface area contributed by atoms with Crippen LogP contribution in [0.15, 0.2) is 17.1 Å². The van der Waals surface area contributed by atoms with Crippen molar-refractivity contribution >= 4 is 28.8 Å². The molecule has 3 unspecified atom stereocenters. The van der Waals surface area contributed by atoms with Crippen molar-refractivity contribution in [3.05, 3.63) is 28.8 Å². The monoisotopic (exact) mass is 471 g/mol. The van der Waals surface area contributed by atoms with Gasteiger partial charge < -0.3 is 10.2 Å². The van der Waals surface area contributed by atoms with E-state index in [0.29, 0.717) is 21.5 Å². The van der Waals surface area contributed by atoms with Crippen LogP contribution in [0.1, 0.15) is 86.3 Å². The highest BCUT2D eigenvalue weighted by molar-refractivity contribution is 14.1. The van der Waals surface area contributed by atoms with Crippen LogP contribution in [0.25, 0.3) is 0 Å². The lowest BCUT2D eigenvalue weighted by atomic mass is 9.96. The minimum atomic E-state index is -0.124. The summed E-state index contributed by atoms with van der Waals surface area (Å²) in [5.41, 5.74) is 3.19. The molecule has 1 aromatic carbocycles. The van der Waals surface area contributed by atoms with Gasteiger partial charge in [-0.3, -0.25) is 4.99 Å². The molecule has 1 fully saturated rings. The SMILES string of the molecule is CCCC(I)c1cc(/C=N/[C@H](CO)C(C)C)c(O)c(C2CC2CCC)c1. The molecule has 2 rings (SSSR count). The van der Waals surface area contributed by atoms with Gasteiger partial charge in [0.2, 0.25) is 0 Å². The quantitative estimate of drug-likeness (QED) is 0.250. The molecule has 0 heterocycles. The largest absolute Gasteiger partial charge is 0.507 e. The summed E-state index contributed by atoms with van der Waals surface area (Å²) in [7, 11) is 0. The first kappa shape index (κ1) is 21.7. The summed E-state index contributed by atoms with van der Waals surface area (Å²) in [5.74, 6) is 1.87. The lowest BCUT2D eigenvalue weighted by molar-refractivity contribution is 0.240. The normalized spacial score (nSPS) is 22.1. The summed E-state index contributed by atoms with van der Waals surface area (Å²) in [5, 5.41) is 20.4. The molecule has 1 saturated carbocycles. The number of nitrogens with zero attached hydrogens (tertiary/aromatic N) is 1. The number of halogens is 1. The Hall–Kier alpha value is -0.620. The Balaban J connectivity index is 2.36. The molecule has 4 heteroatoms. The summed E-state index contributed by atoms with van der Waals surface area (Å²) in [4.78, 5) is 4.56. The molecule has 0 aromatic heterocycles. The number of aliphatic hydroxyl groups is 1. The maximum atomic E-state index is 10.9. The molecule has 26 heavy (non-hydrogen) atoms. The molecule has 3 nitrogen and oxygen atoms in total. The first-order valence-electron chi connectivity index (χ1n) is 10.1. The summed E-state index contributed by atoms with van der Waals surface area (Å²) in [6, 6.07) is 4.19. The number of hydrogen-bond acceptors (Lipinski definition) is 3. The van der Waals surface area contributed by atoms with E-state index in [1.807, 2.05) is 0 Å². The van der Waals surface area contributed by atoms with Gasteiger partial charge in [-0.2, -0.15) is 0 Å². The number of aliphatic imine (C=N–C) groups is 1. The highest BCUT2D eigenvalue weighted by Gasteiger charge is 2.39. The molecule has 0 radical (unpaired) electrons. The van der Waals surface area contributed by atoms with Crippen molar-refractivity contribution < 1.29 is 10.2 Å². The fourth-order valence-corrected chi connectivity index (χ4v) is 4.59. The Morgan fingerprint density at radius 1 is 1.27 bits per heavy atom. The lowest BCUT2D eigenvalue weighted by Gasteiger charge is -2.16. The predicted octanol–water partition coefficient (Wildman–Crippen LogP) is 6.01. The van der Waals surface area contributed by atoms with Crippen LogP contribution in [0.3, 0.4) is 0 Å². The number of phenolic OH excluding ortho intramolecular Hbond substituents is 1. The Bertz CT molecular complexity index is 614. The van der Waals surface area contributed by atoms with Crippen molar-refractivity contribution in [1.29, 1.82) is 0 Å². The smallest absolute Gasteiger partial charge is 0.127 e. The Morgan fingerprint density at radius 2 is 2.00 bits per heavy atom. The van der Waals surface area contributed by atoms with Gasteiger partial charge in [0.25, 0.3) is 0 Å². The average molecular weight is 471 g/mol. The van der Waals surface area contributed by atoms with Crippen LogP contribution >= 0.6 is 22.6 Å². The third-order valence-electron chi connectivity index (χ3n) is 5.44. The number of benzene rings is 1. The van der Waals surface area contributed by atoms with Gasteiger partial charge in [-0.05, 0) is 47.8 Å². The molecule has 0 saturated heterocycles. The highest BCUT2D eigenvalue weighted by Crippen LogP contribution is 2.53. The maximum Gasteiger partial charge on any atom is 0.127 e. The van der Waals surface area contributed by atoms with E-state index in [1.54, 1.807) is 6.21 Å². The van der Waals surface area contributed by atoms with Crippen molar-refractivity contribution in [3.8, 4) is 5.75 Å². The number of phenols is 1. The molecule has 1 aromatic rings. The van der Waals surface area contributed by atoms with Crippen molar-refractivity contribution in [2.24, 2.45) is 16.8 Å². The first-order chi connectivity index (χ1) is 12.4. The number of hydrogen-bond donors (Lipinski definition) is 2.